The number of nitrogens with zero attached hydrogens (tertiary/aromatic N) is 1. The first-order valence-electron chi connectivity index (χ1n) is 8.12. The zero-order valence-electron chi connectivity index (χ0n) is 14.0. The maximum atomic E-state index is 11.9. The molecule has 0 bridgehead atoms. The lowest BCUT2D eigenvalue weighted by atomic mass is 10.2. The number of nitrogens with one attached hydrogen (secondary N) is 2. The van der Waals surface area contributed by atoms with Gasteiger partial charge in [-0.3, -0.25) is 9.59 Å². The van der Waals surface area contributed by atoms with Crippen molar-refractivity contribution >= 4 is 11.8 Å². The van der Waals surface area contributed by atoms with Crippen molar-refractivity contribution in [2.45, 2.75) is 46.3 Å². The number of ether oxygens (including phenoxy) is 1. The first kappa shape index (κ1) is 17.2. The van der Waals surface area contributed by atoms with Gasteiger partial charge in [-0.1, -0.05) is 13.0 Å². The lowest BCUT2D eigenvalue weighted by Gasteiger charge is -2.13. The van der Waals surface area contributed by atoms with Crippen molar-refractivity contribution in [2.24, 2.45) is 11.8 Å². The highest BCUT2D eigenvalue weighted by molar-refractivity contribution is 5.82. The molecule has 1 aliphatic rings. The summed E-state index contributed by atoms with van der Waals surface area (Å²) in [6.07, 6.45) is 2.92. The fourth-order valence-corrected chi connectivity index (χ4v) is 2.29. The molecule has 6 nitrogen and oxygen atoms in total. The minimum atomic E-state index is -0.103. The molecule has 0 radical (unpaired) electrons. The third-order valence-corrected chi connectivity index (χ3v) is 3.77. The van der Waals surface area contributed by atoms with Gasteiger partial charge in [0, 0.05) is 37.2 Å². The molecule has 1 aliphatic carbocycles. The van der Waals surface area contributed by atoms with E-state index in [-0.39, 0.29) is 30.3 Å². The van der Waals surface area contributed by atoms with Gasteiger partial charge in [0.25, 0.3) is 0 Å². The van der Waals surface area contributed by atoms with Crippen LogP contribution in [0.3, 0.4) is 0 Å². The first-order chi connectivity index (χ1) is 11.0. The van der Waals surface area contributed by atoms with Crippen LogP contribution < -0.4 is 15.4 Å². The number of carbonyl (C=O) groups is 2. The Labute approximate surface area is 137 Å². The third kappa shape index (κ3) is 5.54. The van der Waals surface area contributed by atoms with Crippen LogP contribution in [0, 0.1) is 11.8 Å². The summed E-state index contributed by atoms with van der Waals surface area (Å²) in [6.45, 7) is 6.65. The van der Waals surface area contributed by atoms with E-state index in [0.717, 1.165) is 12.0 Å². The number of pyridine rings is 1. The second kappa shape index (κ2) is 7.94. The molecule has 2 unspecified atom stereocenters. The van der Waals surface area contributed by atoms with Gasteiger partial charge in [-0.05, 0) is 32.3 Å². The largest absolute Gasteiger partial charge is 0.475 e. The smallest absolute Gasteiger partial charge is 0.223 e. The Morgan fingerprint density at radius 1 is 1.39 bits per heavy atom. The second-order valence-corrected chi connectivity index (χ2v) is 6.27. The van der Waals surface area contributed by atoms with E-state index in [0.29, 0.717) is 24.9 Å². The Balaban J connectivity index is 1.71. The maximum Gasteiger partial charge on any atom is 0.223 e. The number of hydrogen-bond donors (Lipinski definition) is 2. The fraction of sp³-hybridized carbons (Fsp3) is 0.588. The summed E-state index contributed by atoms with van der Waals surface area (Å²) in [4.78, 5) is 27.7. The lowest BCUT2D eigenvalue weighted by Crippen LogP contribution is -2.31. The van der Waals surface area contributed by atoms with Crippen LogP contribution in [0.2, 0.25) is 0 Å². The average Bonchev–Trinajstić information content (AvgIpc) is 3.23. The zero-order valence-corrected chi connectivity index (χ0v) is 14.0. The van der Waals surface area contributed by atoms with E-state index in [1.165, 1.54) is 0 Å². The van der Waals surface area contributed by atoms with Crippen LogP contribution in [0.5, 0.6) is 5.88 Å². The molecule has 126 valence electrons. The van der Waals surface area contributed by atoms with Crippen LogP contribution in [0.15, 0.2) is 18.3 Å². The average molecular weight is 319 g/mol. The van der Waals surface area contributed by atoms with Gasteiger partial charge in [-0.2, -0.15) is 0 Å². The Morgan fingerprint density at radius 2 is 2.13 bits per heavy atom. The molecular weight excluding hydrogens is 294 g/mol. The van der Waals surface area contributed by atoms with E-state index >= 15 is 0 Å². The summed E-state index contributed by atoms with van der Waals surface area (Å²) in [5.41, 5.74) is 0.838. The lowest BCUT2D eigenvalue weighted by molar-refractivity contribution is -0.123. The van der Waals surface area contributed by atoms with Gasteiger partial charge in [0.2, 0.25) is 17.7 Å². The fourth-order valence-electron chi connectivity index (χ4n) is 2.29. The highest BCUT2D eigenvalue weighted by atomic mass is 16.5. The van der Waals surface area contributed by atoms with Gasteiger partial charge < -0.3 is 15.4 Å². The predicted octanol–water partition coefficient (Wildman–Crippen LogP) is 1.65. The molecule has 23 heavy (non-hydrogen) atoms. The van der Waals surface area contributed by atoms with Crippen molar-refractivity contribution in [3.05, 3.63) is 23.9 Å². The molecule has 2 rings (SSSR count). The number of amides is 2. The number of aromatic nitrogens is 1. The van der Waals surface area contributed by atoms with Gasteiger partial charge >= 0.3 is 0 Å². The van der Waals surface area contributed by atoms with E-state index in [4.69, 9.17) is 4.74 Å². The molecule has 2 N–H and O–H groups in total. The number of carbonyl (C=O) groups excluding carboxylic acids is 2. The standard InChI is InChI=1S/C17H25N3O3/c1-11(2)23-17-13(5-4-7-19-17)10-20-15(21)6-8-18-16(22)14-9-12(14)3/h4-5,7,11-12,14H,6,8-10H2,1-3H3,(H,18,22)(H,20,21). The Hall–Kier alpha value is -2.11. The highest BCUT2D eigenvalue weighted by Crippen LogP contribution is 2.37. The minimum absolute atomic E-state index is 0.0272. The van der Waals surface area contributed by atoms with Gasteiger partial charge in [-0.25, -0.2) is 4.98 Å². The Bertz CT molecular complexity index is 560. The SMILES string of the molecule is CC(C)Oc1ncccc1CNC(=O)CCNC(=O)C1CC1C. The van der Waals surface area contributed by atoms with E-state index in [1.54, 1.807) is 6.20 Å². The monoisotopic (exact) mass is 319 g/mol. The van der Waals surface area contributed by atoms with Gasteiger partial charge in [0.15, 0.2) is 0 Å². The van der Waals surface area contributed by atoms with Gasteiger partial charge in [0.05, 0.1) is 6.10 Å². The molecular formula is C17H25N3O3. The molecule has 1 saturated carbocycles. The zero-order chi connectivity index (χ0) is 16.8. The Morgan fingerprint density at radius 3 is 2.78 bits per heavy atom. The normalized spacial score (nSPS) is 19.3. The first-order valence-corrected chi connectivity index (χ1v) is 8.12. The molecule has 6 heteroatoms. The highest BCUT2D eigenvalue weighted by Gasteiger charge is 2.38. The summed E-state index contributed by atoms with van der Waals surface area (Å²) < 4.78 is 5.61. The second-order valence-electron chi connectivity index (χ2n) is 6.27. The number of rotatable bonds is 8. The summed E-state index contributed by atoms with van der Waals surface area (Å²) in [5.74, 6) is 1.12. The Kier molecular flexibility index (Phi) is 5.96. The molecule has 0 saturated heterocycles. The molecule has 1 aromatic heterocycles. The van der Waals surface area contributed by atoms with E-state index in [9.17, 15) is 9.59 Å². The van der Waals surface area contributed by atoms with Crippen molar-refractivity contribution in [3.63, 3.8) is 0 Å². The predicted molar refractivity (Wildman–Crippen MR) is 86.7 cm³/mol. The molecule has 0 aliphatic heterocycles. The van der Waals surface area contributed by atoms with Crippen molar-refractivity contribution in [2.75, 3.05) is 6.54 Å². The molecule has 0 spiro atoms. The number of hydrogen-bond acceptors (Lipinski definition) is 4. The van der Waals surface area contributed by atoms with Crippen LogP contribution in [0.25, 0.3) is 0 Å². The molecule has 0 aromatic carbocycles. The van der Waals surface area contributed by atoms with E-state index in [1.807, 2.05) is 26.0 Å². The van der Waals surface area contributed by atoms with Crippen LogP contribution in [-0.4, -0.2) is 29.4 Å². The van der Waals surface area contributed by atoms with Gasteiger partial charge in [0.1, 0.15) is 0 Å². The summed E-state index contributed by atoms with van der Waals surface area (Å²) in [7, 11) is 0. The maximum absolute atomic E-state index is 11.9. The van der Waals surface area contributed by atoms with E-state index < -0.39 is 0 Å². The van der Waals surface area contributed by atoms with Crippen molar-refractivity contribution < 1.29 is 14.3 Å². The summed E-state index contributed by atoms with van der Waals surface area (Å²) >= 11 is 0. The molecule has 1 aromatic rings. The van der Waals surface area contributed by atoms with E-state index in [2.05, 4.69) is 22.5 Å². The minimum Gasteiger partial charge on any atom is -0.475 e. The molecule has 1 heterocycles. The van der Waals surface area contributed by atoms with Crippen LogP contribution >= 0.6 is 0 Å². The quantitative estimate of drug-likeness (QED) is 0.763. The topological polar surface area (TPSA) is 80.3 Å². The van der Waals surface area contributed by atoms with Crippen LogP contribution in [-0.2, 0) is 16.1 Å². The molecule has 1 fully saturated rings. The van der Waals surface area contributed by atoms with Crippen molar-refractivity contribution in [1.29, 1.82) is 0 Å². The van der Waals surface area contributed by atoms with Crippen molar-refractivity contribution in [3.8, 4) is 5.88 Å². The van der Waals surface area contributed by atoms with Crippen LogP contribution in [0.1, 0.15) is 39.2 Å². The summed E-state index contributed by atoms with van der Waals surface area (Å²) in [6, 6.07) is 3.69. The third-order valence-electron chi connectivity index (χ3n) is 3.77. The van der Waals surface area contributed by atoms with Crippen LogP contribution in [0.4, 0.5) is 0 Å². The molecule has 2 atom stereocenters. The van der Waals surface area contributed by atoms with Crippen molar-refractivity contribution in [1.82, 2.24) is 15.6 Å². The summed E-state index contributed by atoms with van der Waals surface area (Å²) in [5, 5.41) is 5.63. The molecule has 2 amide bonds. The van der Waals surface area contributed by atoms with Gasteiger partial charge in [-0.15, -0.1) is 0 Å².